The molecule has 0 bridgehead atoms. The number of nitrogens with zero attached hydrogens (tertiary/aromatic N) is 2. The maximum Gasteiger partial charge on any atom is 2.00 e. The molecular formula is C16H16N2S4Se. The van der Waals surface area contributed by atoms with Gasteiger partial charge in [0.1, 0.15) is 0 Å². The van der Waals surface area contributed by atoms with Crippen LogP contribution in [-0.4, -0.2) is 39.8 Å². The first-order valence-corrected chi connectivity index (χ1v) is 8.06. The minimum atomic E-state index is 0. The second-order valence-electron chi connectivity index (χ2n) is 4.32. The van der Waals surface area contributed by atoms with Crippen molar-refractivity contribution < 1.29 is 0 Å². The maximum atomic E-state index is 4.84. The van der Waals surface area contributed by atoms with Gasteiger partial charge in [0.25, 0.3) is 0 Å². The molecule has 0 heterocycles. The van der Waals surface area contributed by atoms with Crippen molar-refractivity contribution in [2.45, 2.75) is 0 Å². The standard InChI is InChI=1S/2C8H9NS2.Se/c2*1-9(8(10)11)7-5-3-2-4-6-7;/h2*2-6H,1H3,(H,10,11);/q;;+2/p-2. The number of anilines is 2. The summed E-state index contributed by atoms with van der Waals surface area (Å²) in [6, 6.07) is 19.6. The van der Waals surface area contributed by atoms with Gasteiger partial charge in [-0.2, -0.15) is 0 Å². The fourth-order valence-electron chi connectivity index (χ4n) is 1.51. The van der Waals surface area contributed by atoms with Crippen LogP contribution < -0.4 is 9.80 Å². The molecule has 0 aliphatic rings. The minimum absolute atomic E-state index is 0. The van der Waals surface area contributed by atoms with Crippen molar-refractivity contribution in [3.8, 4) is 0 Å². The van der Waals surface area contributed by atoms with Crippen LogP contribution >= 0.6 is 24.4 Å². The Kier molecular flexibility index (Phi) is 11.3. The van der Waals surface area contributed by atoms with Gasteiger partial charge in [-0.15, -0.1) is 0 Å². The van der Waals surface area contributed by atoms with Crippen molar-refractivity contribution in [3.63, 3.8) is 0 Å². The van der Waals surface area contributed by atoms with E-state index in [1.165, 1.54) is 0 Å². The summed E-state index contributed by atoms with van der Waals surface area (Å²) >= 11 is 19.4. The number of hydrogen-bond acceptors (Lipinski definition) is 4. The first-order valence-electron chi connectivity index (χ1n) is 6.43. The topological polar surface area (TPSA) is 6.48 Å². The SMILES string of the molecule is CN(C(=S)[S-])c1ccccc1.CN(C(=S)[S-])c1ccccc1.[Se+2]. The summed E-state index contributed by atoms with van der Waals surface area (Å²) in [5.74, 6) is 0. The molecule has 4 radical (unpaired) electrons. The van der Waals surface area contributed by atoms with Crippen LogP contribution in [0.1, 0.15) is 0 Å². The van der Waals surface area contributed by atoms with E-state index in [4.69, 9.17) is 49.7 Å². The predicted molar refractivity (Wildman–Crippen MR) is 115 cm³/mol. The Morgan fingerprint density at radius 3 is 1.17 bits per heavy atom. The van der Waals surface area contributed by atoms with Gasteiger partial charge in [0.2, 0.25) is 0 Å². The van der Waals surface area contributed by atoms with E-state index in [1.54, 1.807) is 9.80 Å². The third kappa shape index (κ3) is 8.01. The van der Waals surface area contributed by atoms with E-state index in [1.807, 2.05) is 74.8 Å². The third-order valence-corrected chi connectivity index (χ3v) is 3.93. The largest absolute Gasteiger partial charge is 2.00 e. The summed E-state index contributed by atoms with van der Waals surface area (Å²) in [5.41, 5.74) is 2.07. The Hall–Kier alpha value is -0.821. The van der Waals surface area contributed by atoms with Gasteiger partial charge in [0, 0.05) is 25.5 Å². The zero-order valence-corrected chi connectivity index (χ0v) is 17.7. The minimum Gasteiger partial charge on any atom is -0.411 e. The zero-order chi connectivity index (χ0) is 16.5. The van der Waals surface area contributed by atoms with Crippen LogP contribution in [0.5, 0.6) is 0 Å². The first-order chi connectivity index (χ1) is 10.4. The summed E-state index contributed by atoms with van der Waals surface area (Å²) in [6.45, 7) is 0. The van der Waals surface area contributed by atoms with Gasteiger partial charge in [0.05, 0.1) is 0 Å². The van der Waals surface area contributed by atoms with Crippen molar-refractivity contribution in [3.05, 3.63) is 60.7 Å². The second kappa shape index (κ2) is 11.7. The molecule has 0 fully saturated rings. The van der Waals surface area contributed by atoms with E-state index in [-0.39, 0.29) is 17.1 Å². The monoisotopic (exact) mass is 444 g/mol. The molecular weight excluding hydrogens is 427 g/mol. The number of benzene rings is 2. The van der Waals surface area contributed by atoms with Gasteiger partial charge in [-0.05, 0) is 24.3 Å². The van der Waals surface area contributed by atoms with E-state index in [0.717, 1.165) is 11.4 Å². The summed E-state index contributed by atoms with van der Waals surface area (Å²) in [4.78, 5) is 3.59. The molecule has 0 N–H and O–H groups in total. The maximum absolute atomic E-state index is 4.84. The van der Waals surface area contributed by atoms with Crippen molar-refractivity contribution in [2.24, 2.45) is 0 Å². The molecule has 0 atom stereocenters. The van der Waals surface area contributed by atoms with E-state index in [9.17, 15) is 0 Å². The quantitative estimate of drug-likeness (QED) is 0.395. The average Bonchev–Trinajstić information content (AvgIpc) is 2.55. The smallest absolute Gasteiger partial charge is 0.411 e. The molecule has 0 aliphatic carbocycles. The molecule has 0 spiro atoms. The number of rotatable bonds is 2. The van der Waals surface area contributed by atoms with Gasteiger partial charge < -0.3 is 59.5 Å². The van der Waals surface area contributed by atoms with Gasteiger partial charge in [-0.25, -0.2) is 0 Å². The molecule has 23 heavy (non-hydrogen) atoms. The Morgan fingerprint density at radius 1 is 0.696 bits per heavy atom. The van der Waals surface area contributed by atoms with Crippen LogP contribution in [0.2, 0.25) is 0 Å². The average molecular weight is 444 g/mol. The molecule has 2 nitrogen and oxygen atoms in total. The molecule has 2 rings (SSSR count). The number of thiocarbonyl (C=S) groups is 2. The zero-order valence-electron chi connectivity index (χ0n) is 12.7. The Labute approximate surface area is 170 Å². The van der Waals surface area contributed by atoms with Crippen LogP contribution in [0.15, 0.2) is 60.7 Å². The molecule has 0 unspecified atom stereocenters. The summed E-state index contributed by atoms with van der Waals surface area (Å²) in [5, 5.41) is 0. The molecule has 120 valence electrons. The van der Waals surface area contributed by atoms with Crippen molar-refractivity contribution in [1.29, 1.82) is 0 Å². The normalized spacial score (nSPS) is 8.78. The summed E-state index contributed by atoms with van der Waals surface area (Å²) in [7, 11) is 3.73. The molecule has 2 aromatic carbocycles. The molecule has 2 aromatic rings. The summed E-state index contributed by atoms with van der Waals surface area (Å²) in [6.07, 6.45) is 0. The molecule has 0 aromatic heterocycles. The van der Waals surface area contributed by atoms with Crippen LogP contribution in [0.4, 0.5) is 11.4 Å². The Balaban J connectivity index is 0.000000403. The van der Waals surface area contributed by atoms with Crippen LogP contribution in [-0.2, 0) is 25.3 Å². The first kappa shape index (κ1) is 22.2. The fraction of sp³-hybridized carbons (Fsp3) is 0.125. The van der Waals surface area contributed by atoms with Crippen LogP contribution in [0.25, 0.3) is 0 Å². The van der Waals surface area contributed by atoms with Gasteiger partial charge in [-0.1, -0.05) is 45.0 Å². The molecule has 0 saturated heterocycles. The van der Waals surface area contributed by atoms with E-state index in [2.05, 4.69) is 0 Å². The third-order valence-electron chi connectivity index (χ3n) is 2.83. The van der Waals surface area contributed by atoms with Crippen molar-refractivity contribution in [2.75, 3.05) is 23.9 Å². The van der Waals surface area contributed by atoms with Crippen LogP contribution in [0, 0.1) is 0 Å². The molecule has 0 saturated carbocycles. The van der Waals surface area contributed by atoms with E-state index in [0.29, 0.717) is 8.64 Å². The summed E-state index contributed by atoms with van der Waals surface area (Å²) < 4.78 is 0.937. The van der Waals surface area contributed by atoms with Gasteiger partial charge in [0.15, 0.2) is 0 Å². The fourth-order valence-corrected chi connectivity index (χ4v) is 1.94. The van der Waals surface area contributed by atoms with Crippen molar-refractivity contribution in [1.82, 2.24) is 0 Å². The second-order valence-corrected chi connectivity index (χ2v) is 6.38. The van der Waals surface area contributed by atoms with E-state index >= 15 is 0 Å². The molecule has 0 amide bonds. The van der Waals surface area contributed by atoms with Crippen LogP contribution in [0.3, 0.4) is 0 Å². The van der Waals surface area contributed by atoms with Gasteiger partial charge >= 0.3 is 17.1 Å². The van der Waals surface area contributed by atoms with Crippen molar-refractivity contribution >= 4 is 86.8 Å². The number of hydrogen-bond donors (Lipinski definition) is 0. The Bertz CT molecular complexity index is 552. The number of para-hydroxylation sites is 2. The molecule has 7 heteroatoms. The molecule has 0 aliphatic heterocycles. The Morgan fingerprint density at radius 2 is 0.957 bits per heavy atom. The van der Waals surface area contributed by atoms with Gasteiger partial charge in [-0.3, -0.25) is 0 Å². The predicted octanol–water partition coefficient (Wildman–Crippen LogP) is 3.53. The van der Waals surface area contributed by atoms with E-state index < -0.39 is 0 Å².